The number of nitrogens with one attached hydrogen (secondary N) is 1. The maximum atomic E-state index is 11.2. The number of hydrogen-bond donors (Lipinski definition) is 1. The van der Waals surface area contributed by atoms with Crippen molar-refractivity contribution in [3.63, 3.8) is 0 Å². The number of benzene rings is 2. The number of fused-ring (bicyclic) bond motifs is 1. The molecule has 1 aliphatic rings. The van der Waals surface area contributed by atoms with E-state index in [1.807, 2.05) is 49.4 Å². The molecule has 1 amide bonds. The molecule has 0 unspecified atom stereocenters. The van der Waals surface area contributed by atoms with Crippen molar-refractivity contribution in [2.75, 3.05) is 5.32 Å². The van der Waals surface area contributed by atoms with Gasteiger partial charge in [0.1, 0.15) is 11.5 Å². The van der Waals surface area contributed by atoms with Gasteiger partial charge in [-0.2, -0.15) is 0 Å². The fraction of sp³-hybridized carbons (Fsp3) is 0.0667. The number of anilines is 1. The lowest BCUT2D eigenvalue weighted by Gasteiger charge is -2.07. The summed E-state index contributed by atoms with van der Waals surface area (Å²) in [4.78, 5) is 11.2. The van der Waals surface area contributed by atoms with Crippen molar-refractivity contribution >= 4 is 11.6 Å². The van der Waals surface area contributed by atoms with Gasteiger partial charge in [0.2, 0.25) is 5.91 Å². The third kappa shape index (κ3) is 2.07. The van der Waals surface area contributed by atoms with Crippen LogP contribution in [0.2, 0.25) is 0 Å². The van der Waals surface area contributed by atoms with Crippen LogP contribution in [0.4, 0.5) is 5.69 Å². The van der Waals surface area contributed by atoms with Crippen molar-refractivity contribution in [2.24, 2.45) is 0 Å². The third-order valence-corrected chi connectivity index (χ3v) is 2.82. The highest BCUT2D eigenvalue weighted by Crippen LogP contribution is 2.30. The molecule has 1 radical (unpaired) electrons. The van der Waals surface area contributed by atoms with Crippen molar-refractivity contribution in [1.82, 2.24) is 0 Å². The topological polar surface area (TPSA) is 38.3 Å². The largest absolute Gasteiger partial charge is 0.457 e. The molecule has 1 aliphatic heterocycles. The van der Waals surface area contributed by atoms with E-state index in [0.717, 1.165) is 22.7 Å². The Labute approximate surface area is 105 Å². The van der Waals surface area contributed by atoms with Gasteiger partial charge in [0.05, 0.1) is 6.42 Å². The minimum Gasteiger partial charge on any atom is -0.457 e. The van der Waals surface area contributed by atoms with Crippen LogP contribution in [0.15, 0.2) is 42.5 Å². The summed E-state index contributed by atoms with van der Waals surface area (Å²) >= 11 is 0. The van der Waals surface area contributed by atoms with Crippen LogP contribution in [0, 0.1) is 13.3 Å². The van der Waals surface area contributed by atoms with E-state index in [-0.39, 0.29) is 5.91 Å². The molecule has 0 bridgehead atoms. The first kappa shape index (κ1) is 10.8. The Morgan fingerprint density at radius 1 is 1.00 bits per heavy atom. The number of carbonyl (C=O) groups excluding carboxylic acids is 1. The molecule has 89 valence electrons. The van der Waals surface area contributed by atoms with Crippen molar-refractivity contribution in [3.8, 4) is 11.5 Å². The summed E-state index contributed by atoms with van der Waals surface area (Å²) in [5.41, 5.74) is 2.89. The van der Waals surface area contributed by atoms with Gasteiger partial charge in [0, 0.05) is 5.69 Å². The second kappa shape index (κ2) is 4.18. The smallest absolute Gasteiger partial charge is 0.233 e. The van der Waals surface area contributed by atoms with E-state index in [1.165, 1.54) is 5.56 Å². The quantitative estimate of drug-likeness (QED) is 0.871. The van der Waals surface area contributed by atoms with Crippen LogP contribution in [0.25, 0.3) is 0 Å². The average Bonchev–Trinajstić information content (AvgIpc) is 2.71. The number of aryl methyl sites for hydroxylation is 1. The molecule has 18 heavy (non-hydrogen) atoms. The number of hydrogen-bond acceptors (Lipinski definition) is 2. The monoisotopic (exact) mass is 238 g/mol. The SMILES string of the molecule is Cc1ccc(Oc2ccc3c(c2)[CH]C(=O)N3)cc1. The van der Waals surface area contributed by atoms with Crippen LogP contribution >= 0.6 is 0 Å². The minimum atomic E-state index is -0.0857. The molecular formula is C15H12NO2. The summed E-state index contributed by atoms with van der Waals surface area (Å²) in [6.07, 6.45) is 1.57. The van der Waals surface area contributed by atoms with E-state index in [9.17, 15) is 4.79 Å². The van der Waals surface area contributed by atoms with Crippen LogP contribution < -0.4 is 10.1 Å². The van der Waals surface area contributed by atoms with Crippen LogP contribution in [-0.4, -0.2) is 5.91 Å². The van der Waals surface area contributed by atoms with E-state index in [0.29, 0.717) is 0 Å². The second-order valence-corrected chi connectivity index (χ2v) is 4.30. The van der Waals surface area contributed by atoms with Gasteiger partial charge in [0.25, 0.3) is 0 Å². The van der Waals surface area contributed by atoms with Crippen LogP contribution in [0.1, 0.15) is 11.1 Å². The molecule has 0 atom stereocenters. The highest BCUT2D eigenvalue weighted by molar-refractivity contribution is 6.06. The van der Waals surface area contributed by atoms with E-state index in [2.05, 4.69) is 5.32 Å². The third-order valence-electron chi connectivity index (χ3n) is 2.82. The van der Waals surface area contributed by atoms with Crippen molar-refractivity contribution < 1.29 is 9.53 Å². The van der Waals surface area contributed by atoms with Gasteiger partial charge in [-0.15, -0.1) is 0 Å². The molecule has 2 aromatic rings. The maximum Gasteiger partial charge on any atom is 0.233 e. The molecule has 0 spiro atoms. The van der Waals surface area contributed by atoms with Gasteiger partial charge in [0.15, 0.2) is 0 Å². The lowest BCUT2D eigenvalue weighted by molar-refractivity contribution is -0.112. The van der Waals surface area contributed by atoms with Crippen molar-refractivity contribution in [3.05, 3.63) is 60.0 Å². The molecule has 0 saturated heterocycles. The number of amides is 1. The molecule has 0 aliphatic carbocycles. The normalized spacial score (nSPS) is 13.1. The van der Waals surface area contributed by atoms with E-state index in [1.54, 1.807) is 6.42 Å². The average molecular weight is 238 g/mol. The Morgan fingerprint density at radius 2 is 1.72 bits per heavy atom. The predicted octanol–water partition coefficient (Wildman–Crippen LogP) is 3.29. The summed E-state index contributed by atoms with van der Waals surface area (Å²) in [5, 5.41) is 2.75. The molecule has 3 rings (SSSR count). The fourth-order valence-electron chi connectivity index (χ4n) is 1.89. The fourth-order valence-corrected chi connectivity index (χ4v) is 1.89. The zero-order valence-electron chi connectivity index (χ0n) is 9.94. The highest BCUT2D eigenvalue weighted by Gasteiger charge is 2.18. The van der Waals surface area contributed by atoms with Crippen LogP contribution in [0.5, 0.6) is 11.5 Å². The number of rotatable bonds is 2. The zero-order valence-corrected chi connectivity index (χ0v) is 9.94. The van der Waals surface area contributed by atoms with Crippen LogP contribution in [0.3, 0.4) is 0 Å². The summed E-state index contributed by atoms with van der Waals surface area (Å²) in [6, 6.07) is 13.4. The zero-order chi connectivity index (χ0) is 12.5. The molecule has 1 heterocycles. The Morgan fingerprint density at radius 3 is 2.50 bits per heavy atom. The van der Waals surface area contributed by atoms with Gasteiger partial charge in [-0.25, -0.2) is 0 Å². The van der Waals surface area contributed by atoms with Gasteiger partial charge >= 0.3 is 0 Å². The molecule has 0 saturated carbocycles. The van der Waals surface area contributed by atoms with Gasteiger partial charge < -0.3 is 10.1 Å². The van der Waals surface area contributed by atoms with Gasteiger partial charge in [-0.1, -0.05) is 17.7 Å². The van der Waals surface area contributed by atoms with Gasteiger partial charge in [-0.3, -0.25) is 4.79 Å². The number of ether oxygens (including phenoxy) is 1. The summed E-state index contributed by atoms with van der Waals surface area (Å²) < 4.78 is 5.73. The second-order valence-electron chi connectivity index (χ2n) is 4.30. The Kier molecular flexibility index (Phi) is 2.52. The predicted molar refractivity (Wildman–Crippen MR) is 69.7 cm³/mol. The van der Waals surface area contributed by atoms with E-state index < -0.39 is 0 Å². The lowest BCUT2D eigenvalue weighted by Crippen LogP contribution is -2.01. The summed E-state index contributed by atoms with van der Waals surface area (Å²) in [5.74, 6) is 1.43. The molecule has 3 nitrogen and oxygen atoms in total. The minimum absolute atomic E-state index is 0.0857. The number of carbonyl (C=O) groups is 1. The van der Waals surface area contributed by atoms with Crippen LogP contribution in [-0.2, 0) is 4.79 Å². The first-order valence-corrected chi connectivity index (χ1v) is 5.75. The van der Waals surface area contributed by atoms with E-state index >= 15 is 0 Å². The molecule has 0 aromatic heterocycles. The van der Waals surface area contributed by atoms with Crippen molar-refractivity contribution in [2.45, 2.75) is 6.92 Å². The molecule has 2 aromatic carbocycles. The first-order chi connectivity index (χ1) is 8.70. The maximum absolute atomic E-state index is 11.2. The van der Waals surface area contributed by atoms with E-state index in [4.69, 9.17) is 4.74 Å². The molecule has 1 N–H and O–H groups in total. The van der Waals surface area contributed by atoms with Crippen molar-refractivity contribution in [1.29, 1.82) is 0 Å². The Bertz CT molecular complexity index is 602. The summed E-state index contributed by atoms with van der Waals surface area (Å²) in [6.45, 7) is 2.03. The molecule has 0 fully saturated rings. The highest BCUT2D eigenvalue weighted by atomic mass is 16.5. The molecular weight excluding hydrogens is 226 g/mol. The standard InChI is InChI=1S/C15H12NO2/c1-10-2-4-12(5-3-10)18-13-6-7-14-11(8-13)9-15(17)16-14/h2-9H,1H3,(H,16,17). The molecule has 3 heteroatoms. The summed E-state index contributed by atoms with van der Waals surface area (Å²) in [7, 11) is 0. The van der Waals surface area contributed by atoms with Gasteiger partial charge in [-0.05, 0) is 42.8 Å². The Balaban J connectivity index is 1.84. The lowest BCUT2D eigenvalue weighted by atomic mass is 10.1. The Hall–Kier alpha value is -2.29. The first-order valence-electron chi connectivity index (χ1n) is 5.75.